The lowest BCUT2D eigenvalue weighted by Gasteiger charge is -1.99. The van der Waals surface area contributed by atoms with Crippen LogP contribution in [0.5, 0.6) is 0 Å². The van der Waals surface area contributed by atoms with Gasteiger partial charge >= 0.3 is 0 Å². The summed E-state index contributed by atoms with van der Waals surface area (Å²) in [7, 11) is -3.10. The molecule has 0 aromatic heterocycles. The SMILES string of the molecule is CS(=O)(=O)[C@H]1[C@H](CN)[C@@H]1c1cccc(F)c1. The molecule has 16 heavy (non-hydrogen) atoms. The summed E-state index contributed by atoms with van der Waals surface area (Å²) in [5, 5.41) is -0.445. The van der Waals surface area contributed by atoms with E-state index in [-0.39, 0.29) is 17.7 Å². The smallest absolute Gasteiger partial charge is 0.151 e. The topological polar surface area (TPSA) is 60.2 Å². The predicted molar refractivity (Wildman–Crippen MR) is 60.3 cm³/mol. The maximum Gasteiger partial charge on any atom is 0.151 e. The molecule has 0 bridgehead atoms. The van der Waals surface area contributed by atoms with Crippen LogP contribution in [0.2, 0.25) is 0 Å². The van der Waals surface area contributed by atoms with Crippen LogP contribution < -0.4 is 5.73 Å². The predicted octanol–water partition coefficient (Wildman–Crippen LogP) is 0.911. The zero-order chi connectivity index (χ0) is 11.9. The number of hydrogen-bond donors (Lipinski definition) is 1. The Morgan fingerprint density at radius 1 is 1.44 bits per heavy atom. The summed E-state index contributed by atoms with van der Waals surface area (Å²) in [5.74, 6) is -0.556. The van der Waals surface area contributed by atoms with Gasteiger partial charge in [-0.05, 0) is 30.2 Å². The van der Waals surface area contributed by atoms with E-state index in [4.69, 9.17) is 5.73 Å². The molecule has 0 unspecified atom stereocenters. The fourth-order valence-electron chi connectivity index (χ4n) is 2.36. The Hall–Kier alpha value is -0.940. The highest BCUT2D eigenvalue weighted by molar-refractivity contribution is 7.91. The Morgan fingerprint density at radius 3 is 2.56 bits per heavy atom. The zero-order valence-electron chi connectivity index (χ0n) is 8.93. The normalized spacial score (nSPS) is 29.1. The Bertz CT molecular complexity index is 500. The molecule has 1 aromatic carbocycles. The Kier molecular flexibility index (Phi) is 2.75. The van der Waals surface area contributed by atoms with E-state index in [2.05, 4.69) is 0 Å². The van der Waals surface area contributed by atoms with Gasteiger partial charge in [-0.1, -0.05) is 12.1 Å². The summed E-state index contributed by atoms with van der Waals surface area (Å²) in [6.45, 7) is 0.318. The highest BCUT2D eigenvalue weighted by Crippen LogP contribution is 2.51. The van der Waals surface area contributed by atoms with Gasteiger partial charge < -0.3 is 5.73 Å². The molecule has 88 valence electrons. The van der Waals surface area contributed by atoms with Gasteiger partial charge in [-0.2, -0.15) is 0 Å². The molecule has 3 nitrogen and oxygen atoms in total. The van der Waals surface area contributed by atoms with Crippen molar-refractivity contribution in [1.29, 1.82) is 0 Å². The molecular formula is C11H14FNO2S. The summed E-state index contributed by atoms with van der Waals surface area (Å²) in [5.41, 5.74) is 6.26. The molecule has 5 heteroatoms. The van der Waals surface area contributed by atoms with E-state index in [9.17, 15) is 12.8 Å². The molecule has 2 N–H and O–H groups in total. The van der Waals surface area contributed by atoms with Gasteiger partial charge in [-0.25, -0.2) is 12.8 Å². The summed E-state index contributed by atoms with van der Waals surface area (Å²) in [6.07, 6.45) is 1.21. The fraction of sp³-hybridized carbons (Fsp3) is 0.455. The van der Waals surface area contributed by atoms with Gasteiger partial charge in [0.05, 0.1) is 5.25 Å². The summed E-state index contributed by atoms with van der Waals surface area (Å²) >= 11 is 0. The second-order valence-electron chi connectivity index (χ2n) is 4.27. The van der Waals surface area contributed by atoms with Gasteiger partial charge in [-0.3, -0.25) is 0 Å². The van der Waals surface area contributed by atoms with Gasteiger partial charge in [0.25, 0.3) is 0 Å². The minimum atomic E-state index is -3.10. The van der Waals surface area contributed by atoms with Gasteiger partial charge in [0.1, 0.15) is 5.82 Å². The van der Waals surface area contributed by atoms with Gasteiger partial charge in [-0.15, -0.1) is 0 Å². The number of sulfone groups is 1. The first-order valence-corrected chi connectivity index (χ1v) is 7.05. The van der Waals surface area contributed by atoms with Crippen molar-refractivity contribution in [3.8, 4) is 0 Å². The molecule has 2 rings (SSSR count). The standard InChI is InChI=1S/C11H14FNO2S/c1-16(14,15)11-9(6-13)10(11)7-3-2-4-8(12)5-7/h2-5,9-11H,6,13H2,1H3/t9-,10+,11+/m1/s1. The highest BCUT2D eigenvalue weighted by atomic mass is 32.2. The Labute approximate surface area is 94.4 Å². The third kappa shape index (κ3) is 1.97. The lowest BCUT2D eigenvalue weighted by Crippen LogP contribution is -2.11. The monoisotopic (exact) mass is 243 g/mol. The number of hydrogen-bond acceptors (Lipinski definition) is 3. The first kappa shape index (κ1) is 11.5. The van der Waals surface area contributed by atoms with Crippen molar-refractivity contribution in [3.63, 3.8) is 0 Å². The van der Waals surface area contributed by atoms with E-state index in [0.717, 1.165) is 5.56 Å². The van der Waals surface area contributed by atoms with Gasteiger partial charge in [0, 0.05) is 12.2 Å². The summed E-state index contributed by atoms with van der Waals surface area (Å²) in [4.78, 5) is 0. The summed E-state index contributed by atoms with van der Waals surface area (Å²) < 4.78 is 36.0. The maximum atomic E-state index is 13.0. The Morgan fingerprint density at radius 2 is 2.12 bits per heavy atom. The third-order valence-electron chi connectivity index (χ3n) is 3.10. The molecule has 0 amide bonds. The van der Waals surface area contributed by atoms with E-state index in [1.165, 1.54) is 18.4 Å². The first-order chi connectivity index (χ1) is 7.45. The molecule has 1 aromatic rings. The fourth-order valence-corrected chi connectivity index (χ4v) is 4.07. The van der Waals surface area contributed by atoms with Crippen LogP contribution in [0.1, 0.15) is 11.5 Å². The first-order valence-electron chi connectivity index (χ1n) is 5.09. The number of halogens is 1. The van der Waals surface area contributed by atoms with E-state index < -0.39 is 15.1 Å². The van der Waals surface area contributed by atoms with Crippen LogP contribution in [-0.4, -0.2) is 26.5 Å². The van der Waals surface area contributed by atoms with Crippen LogP contribution in [0.25, 0.3) is 0 Å². The lowest BCUT2D eigenvalue weighted by molar-refractivity contribution is 0.597. The van der Waals surface area contributed by atoms with Crippen LogP contribution in [0, 0.1) is 11.7 Å². The molecule has 1 fully saturated rings. The molecule has 0 saturated heterocycles. The van der Waals surface area contributed by atoms with Crippen molar-refractivity contribution in [1.82, 2.24) is 0 Å². The number of rotatable bonds is 3. The minimum absolute atomic E-state index is 0.0724. The lowest BCUT2D eigenvalue weighted by atomic mass is 10.1. The van der Waals surface area contributed by atoms with Crippen molar-refractivity contribution in [2.75, 3.05) is 12.8 Å². The summed E-state index contributed by atoms with van der Waals surface area (Å²) in [6, 6.07) is 6.08. The average molecular weight is 243 g/mol. The molecule has 1 aliphatic carbocycles. The molecule has 3 atom stereocenters. The Balaban J connectivity index is 2.30. The van der Waals surface area contributed by atoms with Crippen molar-refractivity contribution < 1.29 is 12.8 Å². The van der Waals surface area contributed by atoms with Crippen LogP contribution in [-0.2, 0) is 9.84 Å². The molecule has 1 saturated carbocycles. The molecule has 0 aliphatic heterocycles. The number of nitrogens with two attached hydrogens (primary N) is 1. The third-order valence-corrected chi connectivity index (χ3v) is 4.73. The highest BCUT2D eigenvalue weighted by Gasteiger charge is 2.56. The molecule has 0 spiro atoms. The maximum absolute atomic E-state index is 13.0. The van der Waals surface area contributed by atoms with Crippen LogP contribution >= 0.6 is 0 Å². The van der Waals surface area contributed by atoms with Crippen LogP contribution in [0.15, 0.2) is 24.3 Å². The van der Waals surface area contributed by atoms with E-state index in [0.29, 0.717) is 6.54 Å². The second kappa shape index (κ2) is 3.82. The van der Waals surface area contributed by atoms with E-state index >= 15 is 0 Å². The van der Waals surface area contributed by atoms with Crippen molar-refractivity contribution in [3.05, 3.63) is 35.6 Å². The van der Waals surface area contributed by atoms with Crippen LogP contribution in [0.3, 0.4) is 0 Å². The molecule has 0 radical (unpaired) electrons. The van der Waals surface area contributed by atoms with Gasteiger partial charge in [0.2, 0.25) is 0 Å². The largest absolute Gasteiger partial charge is 0.330 e. The molecule has 1 aliphatic rings. The van der Waals surface area contributed by atoms with E-state index in [1.807, 2.05) is 0 Å². The average Bonchev–Trinajstić information content (AvgIpc) is 2.91. The van der Waals surface area contributed by atoms with Crippen molar-refractivity contribution >= 4 is 9.84 Å². The van der Waals surface area contributed by atoms with Crippen molar-refractivity contribution in [2.45, 2.75) is 11.2 Å². The molecule has 0 heterocycles. The van der Waals surface area contributed by atoms with Crippen LogP contribution in [0.4, 0.5) is 4.39 Å². The molecular weight excluding hydrogens is 229 g/mol. The zero-order valence-corrected chi connectivity index (χ0v) is 9.75. The quantitative estimate of drug-likeness (QED) is 0.858. The number of benzene rings is 1. The van der Waals surface area contributed by atoms with E-state index in [1.54, 1.807) is 12.1 Å². The second-order valence-corrected chi connectivity index (χ2v) is 6.48. The van der Waals surface area contributed by atoms with Gasteiger partial charge in [0.15, 0.2) is 9.84 Å². The van der Waals surface area contributed by atoms with Crippen molar-refractivity contribution in [2.24, 2.45) is 11.7 Å². The minimum Gasteiger partial charge on any atom is -0.330 e.